The molecule has 47 heavy (non-hydrogen) atoms. The summed E-state index contributed by atoms with van der Waals surface area (Å²) >= 11 is 0. The molecule has 0 fully saturated rings. The monoisotopic (exact) mass is 641 g/mol. The van der Waals surface area contributed by atoms with Crippen molar-refractivity contribution in [2.45, 2.75) is 19.5 Å². The van der Waals surface area contributed by atoms with Crippen molar-refractivity contribution in [3.8, 4) is 23.0 Å². The van der Waals surface area contributed by atoms with Crippen LogP contribution in [0.1, 0.15) is 45.1 Å². The Bertz CT molecular complexity index is 2080. The number of pyridine rings is 2. The Balaban J connectivity index is 0.000000241. The quantitative estimate of drug-likeness (QED) is 0.178. The summed E-state index contributed by atoms with van der Waals surface area (Å²) < 4.78 is 44.1. The molecule has 3 aromatic carbocycles. The second-order valence-electron chi connectivity index (χ2n) is 10.1. The number of hydrogen-bond acceptors (Lipinski definition) is 9. The molecule has 240 valence electrons. The van der Waals surface area contributed by atoms with Gasteiger partial charge in [-0.05, 0) is 55.5 Å². The van der Waals surface area contributed by atoms with Crippen molar-refractivity contribution in [3.63, 3.8) is 0 Å². The summed E-state index contributed by atoms with van der Waals surface area (Å²) in [4.78, 5) is 36.6. The van der Waals surface area contributed by atoms with Crippen LogP contribution in [0.3, 0.4) is 0 Å². The number of nitrogens with two attached hydrogens (primary N) is 1. The van der Waals surface area contributed by atoms with Gasteiger partial charge in [-0.2, -0.15) is 0 Å². The number of oxazole rings is 1. The zero-order valence-electron chi connectivity index (χ0n) is 25.5. The van der Waals surface area contributed by atoms with E-state index >= 15 is 0 Å². The van der Waals surface area contributed by atoms with Crippen molar-refractivity contribution < 1.29 is 37.4 Å². The van der Waals surface area contributed by atoms with Crippen LogP contribution in [-0.4, -0.2) is 46.2 Å². The zero-order valence-corrected chi connectivity index (χ0v) is 25.5. The molecule has 0 bridgehead atoms. The third-order valence-corrected chi connectivity index (χ3v) is 7.14. The minimum atomic E-state index is -0.962. The fraction of sp³-hybridized carbons (Fsp3) is 0.147. The number of aromatic carboxylic acids is 1. The summed E-state index contributed by atoms with van der Waals surface area (Å²) in [5, 5.41) is 12.8. The SMILES string of the molecule is COc1ccc(-c2nc(C(=O)NCc3c(F)cccc3F)c([C@H](C)N)o2)c2cccnc12.COc1ccc(C(=O)O)c2cccnc12. The molecular weight excluding hydrogens is 612 g/mol. The average molecular weight is 642 g/mol. The summed E-state index contributed by atoms with van der Waals surface area (Å²) in [6, 6.07) is 16.5. The molecule has 0 unspecified atom stereocenters. The van der Waals surface area contributed by atoms with Crippen molar-refractivity contribution in [3.05, 3.63) is 113 Å². The summed E-state index contributed by atoms with van der Waals surface area (Å²) in [5.74, 6) is -1.66. The van der Waals surface area contributed by atoms with Crippen LogP contribution in [0, 0.1) is 11.6 Å². The highest BCUT2D eigenvalue weighted by molar-refractivity contribution is 6.04. The molecule has 11 nitrogen and oxygen atoms in total. The van der Waals surface area contributed by atoms with Crippen LogP contribution in [0.25, 0.3) is 33.3 Å². The van der Waals surface area contributed by atoms with Gasteiger partial charge in [0.2, 0.25) is 5.89 Å². The minimum Gasteiger partial charge on any atom is -0.494 e. The standard InChI is InChI=1S/C23H20F2N4O3.C11H9NO3/c1-12(26)21-20(22(30)28-11-15-16(24)6-3-7-17(15)25)29-23(32-21)14-8-9-18(31-2)19-13(14)5-4-10-27-19;1-15-9-5-4-8(11(13)14)7-3-2-6-12-10(7)9/h3-10,12H,11,26H2,1-2H3,(H,28,30);2-6H,1H3,(H,13,14)/t12-;/m0./s1. The molecule has 0 saturated heterocycles. The maximum Gasteiger partial charge on any atom is 0.336 e. The molecule has 3 heterocycles. The highest BCUT2D eigenvalue weighted by atomic mass is 19.1. The Morgan fingerprint density at radius 1 is 0.894 bits per heavy atom. The maximum atomic E-state index is 13.9. The normalized spacial score (nSPS) is 11.4. The van der Waals surface area contributed by atoms with E-state index in [9.17, 15) is 18.4 Å². The van der Waals surface area contributed by atoms with E-state index in [0.29, 0.717) is 38.9 Å². The Morgan fingerprint density at radius 3 is 2.09 bits per heavy atom. The summed E-state index contributed by atoms with van der Waals surface area (Å²) in [6.45, 7) is 1.29. The van der Waals surface area contributed by atoms with Crippen molar-refractivity contribution in [1.82, 2.24) is 20.3 Å². The third kappa shape index (κ3) is 6.70. The predicted octanol–water partition coefficient (Wildman–Crippen LogP) is 6.07. The van der Waals surface area contributed by atoms with Crippen LogP contribution in [0.2, 0.25) is 0 Å². The van der Waals surface area contributed by atoms with E-state index in [1.807, 2.05) is 6.07 Å². The number of methoxy groups -OCH3 is 2. The van der Waals surface area contributed by atoms with Gasteiger partial charge in [-0.3, -0.25) is 14.8 Å². The van der Waals surface area contributed by atoms with Crippen molar-refractivity contribution in [1.29, 1.82) is 0 Å². The minimum absolute atomic E-state index is 0.0559. The summed E-state index contributed by atoms with van der Waals surface area (Å²) in [7, 11) is 3.08. The Labute approximate surface area is 267 Å². The van der Waals surface area contributed by atoms with Crippen LogP contribution in [0.5, 0.6) is 11.5 Å². The highest BCUT2D eigenvalue weighted by Gasteiger charge is 2.25. The fourth-order valence-electron chi connectivity index (χ4n) is 4.87. The molecule has 0 aliphatic rings. The molecule has 4 N–H and O–H groups in total. The molecule has 0 aliphatic carbocycles. The van der Waals surface area contributed by atoms with E-state index in [0.717, 1.165) is 12.1 Å². The second kappa shape index (κ2) is 14.0. The lowest BCUT2D eigenvalue weighted by molar-refractivity contribution is 0.0698. The molecule has 0 radical (unpaired) electrons. The van der Waals surface area contributed by atoms with Gasteiger partial charge < -0.3 is 30.0 Å². The largest absolute Gasteiger partial charge is 0.494 e. The van der Waals surface area contributed by atoms with E-state index in [1.165, 1.54) is 19.2 Å². The van der Waals surface area contributed by atoms with Gasteiger partial charge in [0.05, 0.1) is 25.8 Å². The summed E-state index contributed by atoms with van der Waals surface area (Å²) in [6.07, 6.45) is 3.24. The van der Waals surface area contributed by atoms with Gasteiger partial charge in [-0.15, -0.1) is 0 Å². The van der Waals surface area contributed by atoms with Gasteiger partial charge in [0.1, 0.15) is 34.2 Å². The Kier molecular flexibility index (Phi) is 9.66. The second-order valence-corrected chi connectivity index (χ2v) is 10.1. The molecule has 1 atom stereocenters. The van der Waals surface area contributed by atoms with Crippen molar-refractivity contribution >= 4 is 33.7 Å². The number of hydrogen-bond donors (Lipinski definition) is 3. The smallest absolute Gasteiger partial charge is 0.336 e. The number of rotatable bonds is 8. The fourth-order valence-corrected chi connectivity index (χ4v) is 4.87. The molecule has 6 aromatic rings. The van der Waals surface area contributed by atoms with Gasteiger partial charge in [-0.1, -0.05) is 18.2 Å². The first-order chi connectivity index (χ1) is 22.6. The van der Waals surface area contributed by atoms with Crippen LogP contribution in [0.15, 0.2) is 83.5 Å². The number of carbonyl (C=O) groups excluding carboxylic acids is 1. The zero-order chi connectivity index (χ0) is 33.7. The molecular formula is C34H29F2N5O6. The van der Waals surface area contributed by atoms with Crippen LogP contribution < -0.4 is 20.5 Å². The van der Waals surface area contributed by atoms with E-state index in [2.05, 4.69) is 20.3 Å². The van der Waals surface area contributed by atoms with E-state index in [1.54, 1.807) is 62.8 Å². The highest BCUT2D eigenvalue weighted by Crippen LogP contribution is 2.34. The molecule has 13 heteroatoms. The molecule has 0 saturated carbocycles. The lowest BCUT2D eigenvalue weighted by Gasteiger charge is -2.07. The lowest BCUT2D eigenvalue weighted by atomic mass is 10.1. The molecule has 0 spiro atoms. The van der Waals surface area contributed by atoms with E-state index in [-0.39, 0.29) is 35.0 Å². The number of carboxylic acid groups (broad SMARTS) is 1. The maximum absolute atomic E-state index is 13.9. The molecule has 3 aromatic heterocycles. The first-order valence-electron chi connectivity index (χ1n) is 14.2. The Morgan fingerprint density at radius 2 is 1.49 bits per heavy atom. The average Bonchev–Trinajstić information content (AvgIpc) is 3.53. The lowest BCUT2D eigenvalue weighted by Crippen LogP contribution is -2.26. The van der Waals surface area contributed by atoms with E-state index in [4.69, 9.17) is 24.7 Å². The predicted molar refractivity (Wildman–Crippen MR) is 169 cm³/mol. The number of fused-ring (bicyclic) bond motifs is 2. The van der Waals surface area contributed by atoms with Gasteiger partial charge in [0, 0.05) is 40.8 Å². The van der Waals surface area contributed by atoms with Crippen molar-refractivity contribution in [2.24, 2.45) is 5.73 Å². The number of nitrogens with one attached hydrogen (secondary N) is 1. The van der Waals surface area contributed by atoms with Crippen LogP contribution in [-0.2, 0) is 6.54 Å². The van der Waals surface area contributed by atoms with Crippen molar-refractivity contribution in [2.75, 3.05) is 14.2 Å². The van der Waals surface area contributed by atoms with Crippen LogP contribution in [0.4, 0.5) is 8.78 Å². The topological polar surface area (TPSA) is 163 Å². The number of carbonyl (C=O) groups is 2. The van der Waals surface area contributed by atoms with Crippen LogP contribution >= 0.6 is 0 Å². The summed E-state index contributed by atoms with van der Waals surface area (Å²) in [5.41, 5.74) is 7.69. The van der Waals surface area contributed by atoms with Gasteiger partial charge in [0.25, 0.3) is 5.91 Å². The number of carboxylic acids is 1. The number of amides is 1. The molecule has 1 amide bonds. The van der Waals surface area contributed by atoms with E-state index < -0.39 is 29.6 Å². The number of nitrogens with zero attached hydrogens (tertiary/aromatic N) is 3. The van der Waals surface area contributed by atoms with Gasteiger partial charge in [-0.25, -0.2) is 18.6 Å². The first kappa shape index (κ1) is 32.4. The number of ether oxygens (including phenoxy) is 2. The number of aromatic nitrogens is 3. The first-order valence-corrected chi connectivity index (χ1v) is 14.2. The Hall–Kier alpha value is -5.95. The van der Waals surface area contributed by atoms with Gasteiger partial charge >= 0.3 is 5.97 Å². The number of benzene rings is 3. The third-order valence-electron chi connectivity index (χ3n) is 7.14. The van der Waals surface area contributed by atoms with Gasteiger partial charge in [0.15, 0.2) is 11.5 Å². The molecule has 0 aliphatic heterocycles. The molecule has 6 rings (SSSR count). The number of halogens is 2.